The Morgan fingerprint density at radius 1 is 1.28 bits per heavy atom. The summed E-state index contributed by atoms with van der Waals surface area (Å²) in [7, 11) is 0. The van der Waals surface area contributed by atoms with Crippen molar-refractivity contribution in [2.24, 2.45) is 5.73 Å². The maximum Gasteiger partial charge on any atom is 0.416 e. The van der Waals surface area contributed by atoms with Gasteiger partial charge in [0.2, 0.25) is 0 Å². The van der Waals surface area contributed by atoms with Crippen LogP contribution in [-0.2, 0) is 11.6 Å². The number of aryl methyl sites for hydroxylation is 1. The van der Waals surface area contributed by atoms with Gasteiger partial charge in [0.15, 0.2) is 0 Å². The summed E-state index contributed by atoms with van der Waals surface area (Å²) in [5, 5.41) is 0. The lowest BCUT2D eigenvalue weighted by Crippen LogP contribution is -2.27. The largest absolute Gasteiger partial charge is 0.416 e. The number of nitrogens with two attached hydrogens (primary N) is 1. The first kappa shape index (κ1) is 13.3. The van der Waals surface area contributed by atoms with Crippen LogP contribution in [0.2, 0.25) is 0 Å². The quantitative estimate of drug-likeness (QED) is 0.816. The highest BCUT2D eigenvalue weighted by Crippen LogP contribution is 2.61. The van der Waals surface area contributed by atoms with Gasteiger partial charge in [-0.3, -0.25) is 0 Å². The second-order valence-corrected chi connectivity index (χ2v) is 4.69. The van der Waals surface area contributed by atoms with Crippen LogP contribution in [0.25, 0.3) is 0 Å². The zero-order valence-corrected chi connectivity index (χ0v) is 9.61. The number of halogens is 5. The van der Waals surface area contributed by atoms with E-state index in [-0.39, 0.29) is 17.7 Å². The summed E-state index contributed by atoms with van der Waals surface area (Å²) in [6.45, 7) is 0.938. The molecule has 1 unspecified atom stereocenters. The lowest BCUT2D eigenvalue weighted by atomic mass is 9.92. The molecule has 1 aliphatic carbocycles. The van der Waals surface area contributed by atoms with E-state index in [0.717, 1.165) is 6.07 Å². The maximum atomic E-state index is 13.3. The van der Waals surface area contributed by atoms with Gasteiger partial charge in [0.25, 0.3) is 5.92 Å². The molecule has 18 heavy (non-hydrogen) atoms. The third kappa shape index (κ3) is 1.79. The predicted molar refractivity (Wildman–Crippen MR) is 56.5 cm³/mol. The molecule has 6 heteroatoms. The first-order chi connectivity index (χ1) is 8.14. The van der Waals surface area contributed by atoms with E-state index >= 15 is 0 Å². The first-order valence-electron chi connectivity index (χ1n) is 5.40. The van der Waals surface area contributed by atoms with Crippen molar-refractivity contribution in [2.45, 2.75) is 30.9 Å². The molecule has 0 bridgehead atoms. The number of hydrogen-bond acceptors (Lipinski definition) is 1. The summed E-state index contributed by atoms with van der Waals surface area (Å²) < 4.78 is 64.8. The van der Waals surface area contributed by atoms with Crippen LogP contribution in [0.3, 0.4) is 0 Å². The highest BCUT2D eigenvalue weighted by Gasteiger charge is 2.71. The zero-order valence-electron chi connectivity index (χ0n) is 9.61. The van der Waals surface area contributed by atoms with Gasteiger partial charge >= 0.3 is 6.18 Å². The van der Waals surface area contributed by atoms with E-state index in [9.17, 15) is 22.0 Å². The Hall–Kier alpha value is -1.17. The van der Waals surface area contributed by atoms with E-state index < -0.39 is 29.5 Å². The normalized spacial score (nSPS) is 26.2. The van der Waals surface area contributed by atoms with E-state index in [4.69, 9.17) is 5.73 Å². The molecule has 1 fully saturated rings. The second kappa shape index (κ2) is 3.66. The fraction of sp³-hybridized carbons (Fsp3) is 0.500. The predicted octanol–water partition coefficient (Wildman–Crippen LogP) is 3.25. The van der Waals surface area contributed by atoms with Crippen LogP contribution >= 0.6 is 0 Å². The highest BCUT2D eigenvalue weighted by atomic mass is 19.4. The number of alkyl halides is 5. The minimum Gasteiger partial charge on any atom is -0.329 e. The van der Waals surface area contributed by atoms with Crippen LogP contribution in [0.1, 0.15) is 23.1 Å². The number of benzene rings is 1. The molecule has 100 valence electrons. The maximum absolute atomic E-state index is 13.3. The number of hydrogen-bond donors (Lipinski definition) is 1. The molecule has 1 aromatic carbocycles. The molecular formula is C12H12F5N. The second-order valence-electron chi connectivity index (χ2n) is 4.69. The Labute approximate surface area is 101 Å². The monoisotopic (exact) mass is 265 g/mol. The molecule has 0 spiro atoms. The first-order valence-corrected chi connectivity index (χ1v) is 5.40. The Balaban J connectivity index is 2.49. The van der Waals surface area contributed by atoms with Crippen LogP contribution in [-0.4, -0.2) is 12.5 Å². The summed E-state index contributed by atoms with van der Waals surface area (Å²) in [5.41, 5.74) is 2.79. The number of rotatable bonds is 2. The summed E-state index contributed by atoms with van der Waals surface area (Å²) in [4.78, 5) is 0. The van der Waals surface area contributed by atoms with Gasteiger partial charge in [0.1, 0.15) is 0 Å². The van der Waals surface area contributed by atoms with Gasteiger partial charge in [0, 0.05) is 13.0 Å². The molecule has 0 saturated heterocycles. The molecule has 1 atom stereocenters. The van der Waals surface area contributed by atoms with E-state index in [0.29, 0.717) is 0 Å². The van der Waals surface area contributed by atoms with Gasteiger partial charge in [-0.15, -0.1) is 0 Å². The summed E-state index contributed by atoms with van der Waals surface area (Å²) in [5.74, 6) is -3.01. The van der Waals surface area contributed by atoms with Crippen LogP contribution in [0.4, 0.5) is 22.0 Å². The van der Waals surface area contributed by atoms with Gasteiger partial charge in [0.05, 0.1) is 11.0 Å². The Morgan fingerprint density at radius 3 is 2.22 bits per heavy atom. The molecule has 0 aromatic heterocycles. The highest BCUT2D eigenvalue weighted by molar-refractivity contribution is 5.43. The minimum absolute atomic E-state index is 0.0161. The average molecular weight is 265 g/mol. The molecule has 0 radical (unpaired) electrons. The van der Waals surface area contributed by atoms with Crippen molar-refractivity contribution in [2.75, 3.05) is 6.54 Å². The Morgan fingerprint density at radius 2 is 1.83 bits per heavy atom. The standard InChI is InChI=1S/C12H12F5N/c1-7-2-3-8(4-9(7)12(15,16)17)10(6-18)5-11(10,13)14/h2-4H,5-6,18H2,1H3. The lowest BCUT2D eigenvalue weighted by molar-refractivity contribution is -0.138. The molecule has 1 saturated carbocycles. The van der Waals surface area contributed by atoms with E-state index in [1.165, 1.54) is 19.1 Å². The zero-order chi connectivity index (χ0) is 13.8. The van der Waals surface area contributed by atoms with Crippen LogP contribution in [0.5, 0.6) is 0 Å². The van der Waals surface area contributed by atoms with Gasteiger partial charge in [-0.2, -0.15) is 13.2 Å². The van der Waals surface area contributed by atoms with Crippen molar-refractivity contribution < 1.29 is 22.0 Å². The molecule has 1 nitrogen and oxygen atoms in total. The Bertz CT molecular complexity index is 480. The van der Waals surface area contributed by atoms with Crippen molar-refractivity contribution in [1.82, 2.24) is 0 Å². The molecular weight excluding hydrogens is 253 g/mol. The van der Waals surface area contributed by atoms with Gasteiger partial charge < -0.3 is 5.73 Å². The fourth-order valence-corrected chi connectivity index (χ4v) is 2.21. The molecule has 0 heterocycles. The smallest absolute Gasteiger partial charge is 0.329 e. The summed E-state index contributed by atoms with van der Waals surface area (Å²) >= 11 is 0. The lowest BCUT2D eigenvalue weighted by Gasteiger charge is -2.18. The molecule has 2 rings (SSSR count). The van der Waals surface area contributed by atoms with Crippen molar-refractivity contribution in [3.8, 4) is 0 Å². The van der Waals surface area contributed by atoms with Gasteiger partial charge in [-0.25, -0.2) is 8.78 Å². The summed E-state index contributed by atoms with van der Waals surface area (Å²) in [6, 6.07) is 3.31. The molecule has 0 aliphatic heterocycles. The fourth-order valence-electron chi connectivity index (χ4n) is 2.21. The molecule has 0 amide bonds. The molecule has 1 aliphatic rings. The van der Waals surface area contributed by atoms with E-state index in [1.807, 2.05) is 0 Å². The van der Waals surface area contributed by atoms with Crippen molar-refractivity contribution in [3.63, 3.8) is 0 Å². The van der Waals surface area contributed by atoms with Gasteiger partial charge in [-0.05, 0) is 24.1 Å². The van der Waals surface area contributed by atoms with Crippen LogP contribution < -0.4 is 5.73 Å². The molecule has 1 aromatic rings. The van der Waals surface area contributed by atoms with Gasteiger partial charge in [-0.1, -0.05) is 12.1 Å². The van der Waals surface area contributed by atoms with E-state index in [2.05, 4.69) is 0 Å². The van der Waals surface area contributed by atoms with Crippen LogP contribution in [0, 0.1) is 6.92 Å². The van der Waals surface area contributed by atoms with Crippen molar-refractivity contribution in [1.29, 1.82) is 0 Å². The summed E-state index contributed by atoms with van der Waals surface area (Å²) in [6.07, 6.45) is -5.03. The van der Waals surface area contributed by atoms with E-state index in [1.54, 1.807) is 0 Å². The third-order valence-electron chi connectivity index (χ3n) is 3.54. The average Bonchev–Trinajstić information content (AvgIpc) is 2.81. The van der Waals surface area contributed by atoms with Crippen molar-refractivity contribution in [3.05, 3.63) is 34.9 Å². The topological polar surface area (TPSA) is 26.0 Å². The SMILES string of the molecule is Cc1ccc(C2(CN)CC2(F)F)cc1C(F)(F)F. The minimum atomic E-state index is -4.54. The van der Waals surface area contributed by atoms with Crippen molar-refractivity contribution >= 4 is 0 Å². The Kier molecular flexibility index (Phi) is 2.70. The molecule has 2 N–H and O–H groups in total. The van der Waals surface area contributed by atoms with Crippen LogP contribution in [0.15, 0.2) is 18.2 Å². The third-order valence-corrected chi connectivity index (χ3v) is 3.54.